The van der Waals surface area contributed by atoms with Crippen LogP contribution in [0.1, 0.15) is 16.7 Å². The van der Waals surface area contributed by atoms with Crippen LogP contribution in [0.25, 0.3) is 0 Å². The first-order valence-electron chi connectivity index (χ1n) is 6.21. The molecule has 0 amide bonds. The third-order valence-electron chi connectivity index (χ3n) is 2.87. The minimum absolute atomic E-state index is 0.605. The van der Waals surface area contributed by atoms with Gasteiger partial charge in [-0.15, -0.1) is 5.11 Å². The highest BCUT2D eigenvalue weighted by Crippen LogP contribution is 2.33. The fraction of sp³-hybridized carbons (Fsp3) is 0.188. The number of nitrogens with zero attached hydrogens (tertiary/aromatic N) is 3. The average molecular weight is 265 g/mol. The van der Waals surface area contributed by atoms with Crippen LogP contribution >= 0.6 is 0 Å². The summed E-state index contributed by atoms with van der Waals surface area (Å²) in [5, 5.41) is 17.2. The molecular formula is C16H15N3O. The molecule has 0 bridgehead atoms. The molecule has 2 rings (SSSR count). The largest absolute Gasteiger partial charge is 0.494 e. The average Bonchev–Trinajstić information content (AvgIpc) is 2.45. The maximum absolute atomic E-state index is 8.75. The van der Waals surface area contributed by atoms with Gasteiger partial charge < -0.3 is 4.74 Å². The molecule has 0 heterocycles. The van der Waals surface area contributed by atoms with Crippen molar-refractivity contribution in [3.63, 3.8) is 0 Å². The molecule has 0 saturated heterocycles. The van der Waals surface area contributed by atoms with Gasteiger partial charge in [0.05, 0.1) is 24.4 Å². The lowest BCUT2D eigenvalue weighted by Crippen LogP contribution is -1.88. The monoisotopic (exact) mass is 265 g/mol. The fourth-order valence-corrected chi connectivity index (χ4v) is 1.99. The van der Waals surface area contributed by atoms with E-state index in [2.05, 4.69) is 16.3 Å². The van der Waals surface area contributed by atoms with E-state index in [0.29, 0.717) is 16.9 Å². The Bertz CT molecular complexity index is 682. The Morgan fingerprint density at radius 1 is 1.05 bits per heavy atom. The van der Waals surface area contributed by atoms with E-state index in [9.17, 15) is 0 Å². The Hall–Kier alpha value is -2.67. The molecule has 0 N–H and O–H groups in total. The quantitative estimate of drug-likeness (QED) is 0.761. The number of ether oxygens (including phenoxy) is 1. The maximum atomic E-state index is 8.75. The first kappa shape index (κ1) is 13.8. The van der Waals surface area contributed by atoms with E-state index in [1.54, 1.807) is 31.4 Å². The molecule has 4 heteroatoms. The van der Waals surface area contributed by atoms with Gasteiger partial charge in [0.2, 0.25) is 0 Å². The van der Waals surface area contributed by atoms with Gasteiger partial charge in [-0.1, -0.05) is 6.07 Å². The second kappa shape index (κ2) is 5.98. The summed E-state index contributed by atoms with van der Waals surface area (Å²) in [6, 6.07) is 13.0. The van der Waals surface area contributed by atoms with Gasteiger partial charge in [-0.2, -0.15) is 10.4 Å². The number of aryl methyl sites for hydroxylation is 2. The van der Waals surface area contributed by atoms with E-state index in [1.807, 2.05) is 26.0 Å². The van der Waals surface area contributed by atoms with Crippen molar-refractivity contribution in [3.05, 3.63) is 53.1 Å². The predicted molar refractivity (Wildman–Crippen MR) is 77.8 cm³/mol. The lowest BCUT2D eigenvalue weighted by Gasteiger charge is -2.08. The number of benzene rings is 2. The highest BCUT2D eigenvalue weighted by atomic mass is 16.5. The van der Waals surface area contributed by atoms with Gasteiger partial charge in [-0.25, -0.2) is 0 Å². The van der Waals surface area contributed by atoms with Crippen molar-refractivity contribution in [1.82, 2.24) is 0 Å². The van der Waals surface area contributed by atoms with E-state index in [-0.39, 0.29) is 0 Å². The zero-order chi connectivity index (χ0) is 14.5. The summed E-state index contributed by atoms with van der Waals surface area (Å²) in [4.78, 5) is 0. The molecular weight excluding hydrogens is 250 g/mol. The molecule has 20 heavy (non-hydrogen) atoms. The topological polar surface area (TPSA) is 57.7 Å². The van der Waals surface area contributed by atoms with Crippen LogP contribution in [0.15, 0.2) is 46.6 Å². The molecule has 0 saturated carbocycles. The molecule has 0 spiro atoms. The predicted octanol–water partition coefficient (Wildman–Crippen LogP) is 4.60. The molecule has 4 nitrogen and oxygen atoms in total. The number of hydrogen-bond donors (Lipinski definition) is 0. The van der Waals surface area contributed by atoms with Crippen molar-refractivity contribution in [2.75, 3.05) is 7.11 Å². The molecule has 0 aliphatic carbocycles. The molecule has 0 aliphatic heterocycles. The highest BCUT2D eigenvalue weighted by molar-refractivity contribution is 5.58. The van der Waals surface area contributed by atoms with Crippen LogP contribution in [0.2, 0.25) is 0 Å². The van der Waals surface area contributed by atoms with Gasteiger partial charge >= 0.3 is 0 Å². The Labute approximate surface area is 118 Å². The SMILES string of the molecule is COc1c(C)cc(C)cc1N=Nc1ccc(C#N)cc1. The number of azo groups is 1. The minimum Gasteiger partial charge on any atom is -0.494 e. The summed E-state index contributed by atoms with van der Waals surface area (Å²) >= 11 is 0. The summed E-state index contributed by atoms with van der Waals surface area (Å²) in [5.74, 6) is 0.730. The third kappa shape index (κ3) is 3.01. The van der Waals surface area contributed by atoms with Crippen molar-refractivity contribution in [1.29, 1.82) is 5.26 Å². The van der Waals surface area contributed by atoms with Gasteiger partial charge in [0.15, 0.2) is 0 Å². The normalized spacial score (nSPS) is 10.5. The molecule has 0 aliphatic rings. The Balaban J connectivity index is 2.33. The molecule has 2 aromatic carbocycles. The van der Waals surface area contributed by atoms with Crippen LogP contribution in [0, 0.1) is 25.2 Å². The van der Waals surface area contributed by atoms with E-state index >= 15 is 0 Å². The lowest BCUT2D eigenvalue weighted by atomic mass is 10.1. The summed E-state index contributed by atoms with van der Waals surface area (Å²) in [6.07, 6.45) is 0. The summed E-state index contributed by atoms with van der Waals surface area (Å²) in [6.45, 7) is 3.99. The van der Waals surface area contributed by atoms with Crippen molar-refractivity contribution in [3.8, 4) is 11.8 Å². The van der Waals surface area contributed by atoms with E-state index in [4.69, 9.17) is 10.00 Å². The van der Waals surface area contributed by atoms with Crippen LogP contribution in [-0.2, 0) is 0 Å². The van der Waals surface area contributed by atoms with Crippen LogP contribution in [-0.4, -0.2) is 7.11 Å². The first-order chi connectivity index (χ1) is 9.63. The van der Waals surface area contributed by atoms with E-state index in [0.717, 1.165) is 16.9 Å². The summed E-state index contributed by atoms with van der Waals surface area (Å²) in [5.41, 5.74) is 4.14. The standard InChI is InChI=1S/C16H15N3O/c1-11-8-12(2)16(20-3)15(9-11)19-18-14-6-4-13(10-17)5-7-14/h4-9H,1-3H3. The third-order valence-corrected chi connectivity index (χ3v) is 2.87. The van der Waals surface area contributed by atoms with Crippen molar-refractivity contribution < 1.29 is 4.74 Å². The summed E-state index contributed by atoms with van der Waals surface area (Å²) < 4.78 is 5.36. The molecule has 0 fully saturated rings. The second-order valence-electron chi connectivity index (χ2n) is 4.49. The van der Waals surface area contributed by atoms with Crippen molar-refractivity contribution in [2.45, 2.75) is 13.8 Å². The maximum Gasteiger partial charge on any atom is 0.149 e. The number of methoxy groups -OCH3 is 1. The Morgan fingerprint density at radius 2 is 1.75 bits per heavy atom. The number of hydrogen-bond acceptors (Lipinski definition) is 4. The van der Waals surface area contributed by atoms with E-state index in [1.165, 1.54) is 0 Å². The van der Waals surface area contributed by atoms with Crippen LogP contribution in [0.3, 0.4) is 0 Å². The van der Waals surface area contributed by atoms with Crippen LogP contribution < -0.4 is 4.74 Å². The zero-order valence-electron chi connectivity index (χ0n) is 11.7. The molecule has 0 aromatic heterocycles. The van der Waals surface area contributed by atoms with E-state index < -0.39 is 0 Å². The van der Waals surface area contributed by atoms with Gasteiger partial charge in [-0.3, -0.25) is 0 Å². The Kier molecular flexibility index (Phi) is 4.11. The molecule has 0 radical (unpaired) electrons. The second-order valence-corrected chi connectivity index (χ2v) is 4.49. The van der Waals surface area contributed by atoms with Gasteiger partial charge in [0.1, 0.15) is 11.4 Å². The molecule has 100 valence electrons. The molecule has 0 unspecified atom stereocenters. The number of nitriles is 1. The van der Waals surface area contributed by atoms with Crippen LogP contribution in [0.4, 0.5) is 11.4 Å². The van der Waals surface area contributed by atoms with Gasteiger partial charge in [0.25, 0.3) is 0 Å². The van der Waals surface area contributed by atoms with Gasteiger partial charge in [0, 0.05) is 0 Å². The van der Waals surface area contributed by atoms with Crippen molar-refractivity contribution >= 4 is 11.4 Å². The first-order valence-corrected chi connectivity index (χ1v) is 6.21. The van der Waals surface area contributed by atoms with Gasteiger partial charge in [-0.05, 0) is 55.3 Å². The minimum atomic E-state index is 0.605. The fourth-order valence-electron chi connectivity index (χ4n) is 1.99. The number of rotatable bonds is 3. The van der Waals surface area contributed by atoms with Crippen LogP contribution in [0.5, 0.6) is 5.75 Å². The summed E-state index contributed by atoms with van der Waals surface area (Å²) in [7, 11) is 1.62. The zero-order valence-corrected chi connectivity index (χ0v) is 11.7. The molecule has 0 atom stereocenters. The Morgan fingerprint density at radius 3 is 2.35 bits per heavy atom. The lowest BCUT2D eigenvalue weighted by molar-refractivity contribution is 0.412. The van der Waals surface area contributed by atoms with Crippen molar-refractivity contribution in [2.24, 2.45) is 10.2 Å². The highest BCUT2D eigenvalue weighted by Gasteiger charge is 2.06. The molecule has 2 aromatic rings. The smallest absolute Gasteiger partial charge is 0.149 e.